The fourth-order valence-electron chi connectivity index (χ4n) is 9.97. The fraction of sp³-hybridized carbons (Fsp3) is 0.879. The van der Waals surface area contributed by atoms with E-state index < -0.39 is 124 Å². The van der Waals surface area contributed by atoms with Gasteiger partial charge in [-0.15, -0.1) is 0 Å². The summed E-state index contributed by atoms with van der Waals surface area (Å²) >= 11 is 0. The average molecular weight is 1100 g/mol. The Kier molecular flexibility index (Phi) is 37.7. The fourth-order valence-corrected chi connectivity index (χ4v) is 9.97. The Morgan fingerprint density at radius 3 is 1.36 bits per heavy atom. The van der Waals surface area contributed by atoms with Crippen molar-refractivity contribution >= 4 is 5.91 Å². The van der Waals surface area contributed by atoms with Gasteiger partial charge in [0, 0.05) is 6.42 Å². The molecule has 0 saturated carbocycles. The molecule has 0 aromatic heterocycles. The second kappa shape index (κ2) is 41.9. The summed E-state index contributed by atoms with van der Waals surface area (Å²) in [4.78, 5) is 13.3. The molecule has 17 unspecified atom stereocenters. The smallest absolute Gasteiger partial charge is 0.220 e. The van der Waals surface area contributed by atoms with E-state index >= 15 is 0 Å². The quantitative estimate of drug-likeness (QED) is 0.0285. The molecule has 450 valence electrons. The first kappa shape index (κ1) is 69.3. The highest BCUT2D eigenvalue weighted by molar-refractivity contribution is 5.76. The van der Waals surface area contributed by atoms with Gasteiger partial charge in [0.1, 0.15) is 73.2 Å². The maximum Gasteiger partial charge on any atom is 0.220 e. The third-order valence-electron chi connectivity index (χ3n) is 14.9. The van der Waals surface area contributed by atoms with Gasteiger partial charge in [-0.2, -0.15) is 0 Å². The molecule has 3 aliphatic heterocycles. The Morgan fingerprint density at radius 1 is 0.468 bits per heavy atom. The second-order valence-corrected chi connectivity index (χ2v) is 21.5. The Balaban J connectivity index is 1.52. The molecule has 17 atom stereocenters. The number of carbonyl (C=O) groups is 1. The van der Waals surface area contributed by atoms with E-state index in [0.717, 1.165) is 70.6 Å². The third kappa shape index (κ3) is 26.2. The SMILES string of the molecule is CCCC/C=C\C/C=C\CCCCCCCC(=O)NC(COC1OC(CO)C(OC2OC(CO)C(OC3OC(CO)C(O)C(O)C3O)C(O)C2O)C(O)C1O)C(O)/C=C/CCCCCCCCCCCCCCCCCC. The molecule has 3 heterocycles. The lowest BCUT2D eigenvalue weighted by atomic mass is 9.96. The summed E-state index contributed by atoms with van der Waals surface area (Å²) in [5.41, 5.74) is 0. The molecular formula is C58H105NO18. The summed E-state index contributed by atoms with van der Waals surface area (Å²) in [6.45, 7) is 1.66. The molecule has 3 aliphatic rings. The molecular weight excluding hydrogens is 999 g/mol. The predicted octanol–water partition coefficient (Wildman–Crippen LogP) is 4.93. The summed E-state index contributed by atoms with van der Waals surface area (Å²) in [5, 5.41) is 120. The van der Waals surface area contributed by atoms with Crippen LogP contribution in [-0.2, 0) is 33.2 Å². The van der Waals surface area contributed by atoms with Gasteiger partial charge in [-0.05, 0) is 44.9 Å². The highest BCUT2D eigenvalue weighted by Crippen LogP contribution is 2.33. The lowest BCUT2D eigenvalue weighted by Gasteiger charge is -2.48. The van der Waals surface area contributed by atoms with Crippen LogP contribution in [0.5, 0.6) is 0 Å². The van der Waals surface area contributed by atoms with Crippen LogP contribution in [0, 0.1) is 0 Å². The maximum absolute atomic E-state index is 13.3. The molecule has 0 aliphatic carbocycles. The Hall–Kier alpha value is -1.99. The molecule has 3 fully saturated rings. The highest BCUT2D eigenvalue weighted by Gasteiger charge is 2.53. The summed E-state index contributed by atoms with van der Waals surface area (Å²) in [6.07, 6.45) is 16.9. The Labute approximate surface area is 460 Å². The molecule has 0 aromatic rings. The molecule has 19 heteroatoms. The lowest BCUT2D eigenvalue weighted by molar-refractivity contribution is -0.379. The Morgan fingerprint density at radius 2 is 0.870 bits per heavy atom. The third-order valence-corrected chi connectivity index (χ3v) is 14.9. The number of allylic oxidation sites excluding steroid dienone is 5. The van der Waals surface area contributed by atoms with Gasteiger partial charge in [-0.25, -0.2) is 0 Å². The molecule has 0 spiro atoms. The van der Waals surface area contributed by atoms with Gasteiger partial charge in [0.15, 0.2) is 18.9 Å². The van der Waals surface area contributed by atoms with Gasteiger partial charge in [0.2, 0.25) is 5.91 Å². The topological polar surface area (TPSA) is 307 Å². The first-order valence-electron chi connectivity index (χ1n) is 29.7. The number of aliphatic hydroxyl groups excluding tert-OH is 11. The van der Waals surface area contributed by atoms with Crippen molar-refractivity contribution in [1.29, 1.82) is 0 Å². The van der Waals surface area contributed by atoms with Crippen LogP contribution in [0.2, 0.25) is 0 Å². The first-order chi connectivity index (χ1) is 37.3. The van der Waals surface area contributed by atoms with E-state index in [4.69, 9.17) is 28.4 Å². The molecule has 3 rings (SSSR count). The second-order valence-electron chi connectivity index (χ2n) is 21.5. The van der Waals surface area contributed by atoms with Crippen molar-refractivity contribution < 1.29 is 89.4 Å². The number of nitrogens with one attached hydrogen (secondary N) is 1. The molecule has 0 aromatic carbocycles. The highest BCUT2D eigenvalue weighted by atomic mass is 16.8. The van der Waals surface area contributed by atoms with Gasteiger partial charge in [0.05, 0.1) is 38.6 Å². The zero-order chi connectivity index (χ0) is 56.2. The summed E-state index contributed by atoms with van der Waals surface area (Å²) < 4.78 is 34.2. The van der Waals surface area contributed by atoms with Crippen LogP contribution in [0.4, 0.5) is 0 Å². The molecule has 1 amide bonds. The zero-order valence-electron chi connectivity index (χ0n) is 46.7. The minimum Gasteiger partial charge on any atom is -0.394 e. The Bertz CT molecular complexity index is 1550. The number of hydrogen-bond acceptors (Lipinski definition) is 18. The van der Waals surface area contributed by atoms with E-state index in [1.165, 1.54) is 96.3 Å². The zero-order valence-corrected chi connectivity index (χ0v) is 46.7. The predicted molar refractivity (Wildman–Crippen MR) is 291 cm³/mol. The van der Waals surface area contributed by atoms with Crippen LogP contribution in [0.1, 0.15) is 194 Å². The maximum atomic E-state index is 13.3. The average Bonchev–Trinajstić information content (AvgIpc) is 3.42. The van der Waals surface area contributed by atoms with Crippen molar-refractivity contribution in [2.24, 2.45) is 0 Å². The molecule has 0 radical (unpaired) electrons. The van der Waals surface area contributed by atoms with Crippen molar-refractivity contribution in [2.75, 3.05) is 26.4 Å². The number of rotatable bonds is 43. The van der Waals surface area contributed by atoms with Crippen LogP contribution in [0.25, 0.3) is 0 Å². The van der Waals surface area contributed by atoms with E-state index in [0.29, 0.717) is 6.42 Å². The van der Waals surface area contributed by atoms with Crippen LogP contribution in [0.3, 0.4) is 0 Å². The molecule has 77 heavy (non-hydrogen) atoms. The van der Waals surface area contributed by atoms with Crippen molar-refractivity contribution in [1.82, 2.24) is 5.32 Å². The normalized spacial score (nSPS) is 30.9. The monoisotopic (exact) mass is 1100 g/mol. The minimum absolute atomic E-state index is 0.227. The van der Waals surface area contributed by atoms with Crippen molar-refractivity contribution in [2.45, 2.75) is 298 Å². The van der Waals surface area contributed by atoms with Crippen LogP contribution in [0.15, 0.2) is 36.5 Å². The number of unbranched alkanes of at least 4 members (excludes halogenated alkanes) is 23. The summed E-state index contributed by atoms with van der Waals surface area (Å²) in [7, 11) is 0. The van der Waals surface area contributed by atoms with Crippen molar-refractivity contribution in [3.8, 4) is 0 Å². The number of amides is 1. The van der Waals surface area contributed by atoms with Gasteiger partial charge in [-0.1, -0.05) is 179 Å². The van der Waals surface area contributed by atoms with Crippen LogP contribution < -0.4 is 5.32 Å². The summed E-state index contributed by atoms with van der Waals surface area (Å²) in [5.74, 6) is -0.291. The standard InChI is InChI=1S/C58H105NO18/c1-3-5-7-9-11-13-15-17-19-20-21-22-23-25-27-29-31-33-35-42(63)41(59-46(64)36-34-32-30-28-26-24-18-16-14-12-10-8-6-4-2)40-72-56-52(70)49(67)54(44(38-61)74-56)77-58-53(71)50(68)55(45(39-62)75-58)76-57-51(69)48(66)47(65)43(37-60)73-57/h10,12,16,18,33,35,41-45,47-58,60-63,65-71H,3-9,11,13-15,17,19-32,34,36-40H2,1-2H3,(H,59,64)/b12-10-,18-16-,35-33+. The van der Waals surface area contributed by atoms with Gasteiger partial charge in [-0.3, -0.25) is 4.79 Å². The number of carbonyl (C=O) groups excluding carboxylic acids is 1. The molecule has 12 N–H and O–H groups in total. The van der Waals surface area contributed by atoms with E-state index in [1.807, 2.05) is 6.08 Å². The van der Waals surface area contributed by atoms with Crippen LogP contribution >= 0.6 is 0 Å². The van der Waals surface area contributed by atoms with E-state index in [2.05, 4.69) is 43.5 Å². The molecule has 3 saturated heterocycles. The van der Waals surface area contributed by atoms with Crippen molar-refractivity contribution in [3.63, 3.8) is 0 Å². The van der Waals surface area contributed by atoms with E-state index in [-0.39, 0.29) is 18.9 Å². The van der Waals surface area contributed by atoms with Crippen molar-refractivity contribution in [3.05, 3.63) is 36.5 Å². The number of ether oxygens (including phenoxy) is 6. The largest absolute Gasteiger partial charge is 0.394 e. The lowest BCUT2D eigenvalue weighted by Crippen LogP contribution is -2.66. The minimum atomic E-state index is -1.98. The van der Waals surface area contributed by atoms with E-state index in [9.17, 15) is 61.0 Å². The van der Waals surface area contributed by atoms with E-state index in [1.54, 1.807) is 6.08 Å². The number of aliphatic hydroxyl groups is 11. The summed E-state index contributed by atoms with van der Waals surface area (Å²) in [6, 6.07) is -0.979. The van der Waals surface area contributed by atoms with Gasteiger partial charge >= 0.3 is 0 Å². The molecule has 19 nitrogen and oxygen atoms in total. The van der Waals surface area contributed by atoms with Gasteiger partial charge in [0.25, 0.3) is 0 Å². The molecule has 0 bridgehead atoms. The van der Waals surface area contributed by atoms with Gasteiger partial charge < -0.3 is 89.9 Å². The first-order valence-corrected chi connectivity index (χ1v) is 29.7. The van der Waals surface area contributed by atoms with Crippen LogP contribution in [-0.4, -0.2) is 193 Å². The number of hydrogen-bond donors (Lipinski definition) is 12.